The second-order valence-electron chi connectivity index (χ2n) is 5.76. The summed E-state index contributed by atoms with van der Waals surface area (Å²) in [6, 6.07) is 13.1. The molecule has 7 heteroatoms. The summed E-state index contributed by atoms with van der Waals surface area (Å²) in [5.41, 5.74) is 1.70. The molecule has 1 amide bonds. The largest absolute Gasteiger partial charge is 0.494 e. The predicted octanol–water partition coefficient (Wildman–Crippen LogP) is 4.42. The number of carbonyl (C=O) groups is 1. The Labute approximate surface area is 161 Å². The molecule has 3 aromatic rings. The summed E-state index contributed by atoms with van der Waals surface area (Å²) in [7, 11) is 0. The summed E-state index contributed by atoms with van der Waals surface area (Å²) in [6.45, 7) is 0.829. The van der Waals surface area contributed by atoms with E-state index in [2.05, 4.69) is 10.3 Å². The van der Waals surface area contributed by atoms with Gasteiger partial charge in [-0.05, 0) is 48.4 Å². The molecule has 27 heavy (non-hydrogen) atoms. The molecule has 1 heterocycles. The Hall–Kier alpha value is -2.86. The summed E-state index contributed by atoms with van der Waals surface area (Å²) in [4.78, 5) is 16.4. The quantitative estimate of drug-likeness (QED) is 0.458. The zero-order valence-electron chi connectivity index (χ0n) is 14.5. The third-order valence-electron chi connectivity index (χ3n) is 3.75. The number of rotatable bonds is 8. The first kappa shape index (κ1) is 18.9. The van der Waals surface area contributed by atoms with Crippen LogP contribution in [-0.2, 0) is 6.54 Å². The van der Waals surface area contributed by atoms with Crippen LogP contribution in [0, 0.1) is 5.82 Å². The van der Waals surface area contributed by atoms with Crippen LogP contribution in [0.2, 0.25) is 0 Å². The molecule has 1 aromatic heterocycles. The molecule has 3 rings (SSSR count). The molecular formula is C20H18ClFN2O3. The molecule has 0 aliphatic heterocycles. The number of alkyl halides is 1. The minimum absolute atomic E-state index is 0.176. The molecule has 0 radical (unpaired) electrons. The summed E-state index contributed by atoms with van der Waals surface area (Å²) in [5.74, 6) is 0.944. The molecule has 140 valence electrons. The smallest absolute Gasteiger partial charge is 0.273 e. The number of hydrogen-bond donors (Lipinski definition) is 1. The minimum Gasteiger partial charge on any atom is -0.494 e. The van der Waals surface area contributed by atoms with Gasteiger partial charge in [-0.2, -0.15) is 0 Å². The van der Waals surface area contributed by atoms with Crippen LogP contribution in [-0.4, -0.2) is 23.4 Å². The molecule has 0 spiro atoms. The van der Waals surface area contributed by atoms with Crippen molar-refractivity contribution in [1.29, 1.82) is 0 Å². The number of nitrogens with zero attached hydrogens (tertiary/aromatic N) is 1. The number of ether oxygens (including phenoxy) is 1. The van der Waals surface area contributed by atoms with Crippen LogP contribution in [0.15, 0.2) is 59.2 Å². The lowest BCUT2D eigenvalue weighted by molar-refractivity contribution is 0.0946. The monoisotopic (exact) mass is 388 g/mol. The SMILES string of the molecule is O=C(NCc1ccc(F)cc1)c1coc(-c2ccc(OCCCCl)cc2)n1. The Kier molecular flexibility index (Phi) is 6.44. The molecule has 0 saturated heterocycles. The summed E-state index contributed by atoms with van der Waals surface area (Å²) in [6.07, 6.45) is 2.08. The summed E-state index contributed by atoms with van der Waals surface area (Å²) in [5, 5.41) is 2.72. The Morgan fingerprint density at radius 1 is 1.15 bits per heavy atom. The van der Waals surface area contributed by atoms with E-state index in [1.165, 1.54) is 18.4 Å². The zero-order valence-corrected chi connectivity index (χ0v) is 15.2. The van der Waals surface area contributed by atoms with Gasteiger partial charge in [0, 0.05) is 18.0 Å². The molecule has 5 nitrogen and oxygen atoms in total. The van der Waals surface area contributed by atoms with Gasteiger partial charge in [-0.15, -0.1) is 11.6 Å². The van der Waals surface area contributed by atoms with E-state index >= 15 is 0 Å². The second-order valence-corrected chi connectivity index (χ2v) is 6.14. The fourth-order valence-electron chi connectivity index (χ4n) is 2.32. The Bertz CT molecular complexity index is 879. The topological polar surface area (TPSA) is 64.4 Å². The fraction of sp³-hybridized carbons (Fsp3) is 0.200. The Morgan fingerprint density at radius 3 is 2.59 bits per heavy atom. The van der Waals surface area contributed by atoms with Gasteiger partial charge in [0.05, 0.1) is 6.61 Å². The Balaban J connectivity index is 1.58. The third kappa shape index (κ3) is 5.31. The first-order chi connectivity index (χ1) is 13.2. The summed E-state index contributed by atoms with van der Waals surface area (Å²) < 4.78 is 23.8. The predicted molar refractivity (Wildman–Crippen MR) is 100 cm³/mol. The fourth-order valence-corrected chi connectivity index (χ4v) is 2.43. The van der Waals surface area contributed by atoms with Crippen molar-refractivity contribution in [2.75, 3.05) is 12.5 Å². The lowest BCUT2D eigenvalue weighted by Gasteiger charge is -2.05. The molecule has 1 N–H and O–H groups in total. The van der Waals surface area contributed by atoms with E-state index < -0.39 is 0 Å². The number of aromatic nitrogens is 1. The number of halogens is 2. The van der Waals surface area contributed by atoms with E-state index in [1.54, 1.807) is 12.1 Å². The highest BCUT2D eigenvalue weighted by Gasteiger charge is 2.13. The maximum absolute atomic E-state index is 12.9. The van der Waals surface area contributed by atoms with Gasteiger partial charge in [-0.3, -0.25) is 4.79 Å². The van der Waals surface area contributed by atoms with Gasteiger partial charge in [-0.1, -0.05) is 12.1 Å². The normalized spacial score (nSPS) is 10.6. The van der Waals surface area contributed by atoms with Crippen molar-refractivity contribution in [2.45, 2.75) is 13.0 Å². The third-order valence-corrected chi connectivity index (χ3v) is 4.02. The average molecular weight is 389 g/mol. The van der Waals surface area contributed by atoms with E-state index in [1.807, 2.05) is 24.3 Å². The van der Waals surface area contributed by atoms with Crippen molar-refractivity contribution in [3.8, 4) is 17.2 Å². The lowest BCUT2D eigenvalue weighted by atomic mass is 10.2. The van der Waals surface area contributed by atoms with Gasteiger partial charge < -0.3 is 14.5 Å². The van der Waals surface area contributed by atoms with Crippen molar-refractivity contribution in [3.63, 3.8) is 0 Å². The van der Waals surface area contributed by atoms with Gasteiger partial charge in [0.1, 0.15) is 17.8 Å². The highest BCUT2D eigenvalue weighted by atomic mass is 35.5. The zero-order chi connectivity index (χ0) is 19.1. The highest BCUT2D eigenvalue weighted by molar-refractivity contribution is 6.17. The van der Waals surface area contributed by atoms with E-state index in [9.17, 15) is 9.18 Å². The van der Waals surface area contributed by atoms with Crippen LogP contribution in [0.4, 0.5) is 4.39 Å². The van der Waals surface area contributed by atoms with Gasteiger partial charge in [0.2, 0.25) is 5.89 Å². The van der Waals surface area contributed by atoms with E-state index in [0.29, 0.717) is 18.4 Å². The van der Waals surface area contributed by atoms with E-state index in [0.717, 1.165) is 23.3 Å². The van der Waals surface area contributed by atoms with Crippen LogP contribution in [0.25, 0.3) is 11.5 Å². The molecule has 0 bridgehead atoms. The molecule has 0 aliphatic carbocycles. The molecule has 0 saturated carbocycles. The van der Waals surface area contributed by atoms with Gasteiger partial charge in [0.25, 0.3) is 5.91 Å². The van der Waals surface area contributed by atoms with Crippen molar-refractivity contribution in [2.24, 2.45) is 0 Å². The standard InChI is InChI=1S/C20H18ClFN2O3/c21-10-1-11-26-17-8-4-15(5-9-17)20-24-18(13-27-20)19(25)23-12-14-2-6-16(22)7-3-14/h2-9,13H,1,10-12H2,(H,23,25). The highest BCUT2D eigenvalue weighted by Crippen LogP contribution is 2.22. The maximum Gasteiger partial charge on any atom is 0.273 e. The molecule has 2 aromatic carbocycles. The number of nitrogens with one attached hydrogen (secondary N) is 1. The van der Waals surface area contributed by atoms with Crippen molar-refractivity contribution < 1.29 is 18.3 Å². The average Bonchev–Trinajstić information content (AvgIpc) is 3.18. The van der Waals surface area contributed by atoms with Gasteiger partial charge in [-0.25, -0.2) is 9.37 Å². The molecule has 0 atom stereocenters. The molecule has 0 fully saturated rings. The van der Waals surface area contributed by atoms with Crippen LogP contribution in [0.5, 0.6) is 5.75 Å². The lowest BCUT2D eigenvalue weighted by Crippen LogP contribution is -2.23. The van der Waals surface area contributed by atoms with Crippen LogP contribution in [0.3, 0.4) is 0 Å². The second kappa shape index (κ2) is 9.19. The molecule has 0 aliphatic rings. The maximum atomic E-state index is 12.9. The first-order valence-electron chi connectivity index (χ1n) is 8.43. The van der Waals surface area contributed by atoms with Gasteiger partial charge in [0.15, 0.2) is 5.69 Å². The number of amides is 1. The first-order valence-corrected chi connectivity index (χ1v) is 8.96. The number of carbonyl (C=O) groups excluding carboxylic acids is 1. The molecular weight excluding hydrogens is 371 g/mol. The van der Waals surface area contributed by atoms with Crippen molar-refractivity contribution in [3.05, 3.63) is 71.9 Å². The van der Waals surface area contributed by atoms with Crippen molar-refractivity contribution in [1.82, 2.24) is 10.3 Å². The number of benzene rings is 2. The Morgan fingerprint density at radius 2 is 1.89 bits per heavy atom. The van der Waals surface area contributed by atoms with Crippen LogP contribution in [0.1, 0.15) is 22.5 Å². The minimum atomic E-state index is -0.365. The van der Waals surface area contributed by atoms with E-state index in [-0.39, 0.29) is 24.0 Å². The van der Waals surface area contributed by atoms with Crippen LogP contribution >= 0.6 is 11.6 Å². The van der Waals surface area contributed by atoms with Crippen molar-refractivity contribution >= 4 is 17.5 Å². The van der Waals surface area contributed by atoms with E-state index in [4.69, 9.17) is 20.8 Å². The van der Waals surface area contributed by atoms with Gasteiger partial charge >= 0.3 is 0 Å². The number of hydrogen-bond acceptors (Lipinski definition) is 4. The van der Waals surface area contributed by atoms with Crippen LogP contribution < -0.4 is 10.1 Å². The summed E-state index contributed by atoms with van der Waals surface area (Å²) >= 11 is 5.62. The number of oxazole rings is 1. The molecule has 0 unspecified atom stereocenters.